The summed E-state index contributed by atoms with van der Waals surface area (Å²) in [6.07, 6.45) is 7.02. The average molecular weight is 226 g/mol. The second-order valence-electron chi connectivity index (χ2n) is 4.97. The Morgan fingerprint density at radius 2 is 2.06 bits per heavy atom. The standard InChI is InChI=1S/C13H26N2O/c1-4-7-10(2)15-12-9-6-5-8-11(12)13(16)14-3/h10-12,15H,4-9H2,1-3H3,(H,14,16). The molecule has 3 heteroatoms. The number of nitrogens with one attached hydrogen (secondary N) is 2. The third-order valence-corrected chi connectivity index (χ3v) is 3.57. The molecule has 0 heterocycles. The van der Waals surface area contributed by atoms with Crippen LogP contribution in [0.15, 0.2) is 0 Å². The number of carbonyl (C=O) groups is 1. The van der Waals surface area contributed by atoms with Gasteiger partial charge in [-0.15, -0.1) is 0 Å². The van der Waals surface area contributed by atoms with E-state index < -0.39 is 0 Å². The van der Waals surface area contributed by atoms with Crippen molar-refractivity contribution < 1.29 is 4.79 Å². The molecule has 94 valence electrons. The van der Waals surface area contributed by atoms with Gasteiger partial charge in [0.2, 0.25) is 5.91 Å². The summed E-state index contributed by atoms with van der Waals surface area (Å²) in [6, 6.07) is 0.913. The van der Waals surface area contributed by atoms with Gasteiger partial charge in [-0.3, -0.25) is 4.79 Å². The van der Waals surface area contributed by atoms with Crippen molar-refractivity contribution in [1.29, 1.82) is 0 Å². The molecule has 0 aromatic carbocycles. The Labute approximate surface area is 99.4 Å². The first-order valence-corrected chi connectivity index (χ1v) is 6.66. The maximum Gasteiger partial charge on any atom is 0.224 e. The summed E-state index contributed by atoms with van der Waals surface area (Å²) in [5, 5.41) is 6.42. The van der Waals surface area contributed by atoms with Gasteiger partial charge in [0.25, 0.3) is 0 Å². The molecule has 16 heavy (non-hydrogen) atoms. The Morgan fingerprint density at radius 3 is 2.69 bits per heavy atom. The molecule has 0 bridgehead atoms. The van der Waals surface area contributed by atoms with Crippen molar-refractivity contribution in [2.75, 3.05) is 7.05 Å². The van der Waals surface area contributed by atoms with Crippen molar-refractivity contribution in [3.63, 3.8) is 0 Å². The highest BCUT2D eigenvalue weighted by Crippen LogP contribution is 2.25. The number of hydrogen-bond acceptors (Lipinski definition) is 2. The Balaban J connectivity index is 2.49. The van der Waals surface area contributed by atoms with E-state index in [1.165, 1.54) is 25.7 Å². The maximum absolute atomic E-state index is 11.8. The van der Waals surface area contributed by atoms with Gasteiger partial charge in [-0.1, -0.05) is 26.2 Å². The summed E-state index contributed by atoms with van der Waals surface area (Å²) in [6.45, 7) is 4.42. The minimum atomic E-state index is 0.179. The topological polar surface area (TPSA) is 41.1 Å². The van der Waals surface area contributed by atoms with Crippen molar-refractivity contribution in [3.8, 4) is 0 Å². The molecule has 3 unspecified atom stereocenters. The van der Waals surface area contributed by atoms with Crippen LogP contribution in [0.4, 0.5) is 0 Å². The van der Waals surface area contributed by atoms with Crippen LogP contribution in [0.5, 0.6) is 0 Å². The second kappa shape index (κ2) is 6.89. The third-order valence-electron chi connectivity index (χ3n) is 3.57. The van der Waals surface area contributed by atoms with Crippen molar-refractivity contribution in [1.82, 2.24) is 10.6 Å². The number of carbonyl (C=O) groups excluding carboxylic acids is 1. The van der Waals surface area contributed by atoms with Crippen LogP contribution in [0, 0.1) is 5.92 Å². The largest absolute Gasteiger partial charge is 0.359 e. The molecule has 0 aliphatic heterocycles. The van der Waals surface area contributed by atoms with Gasteiger partial charge in [-0.05, 0) is 26.2 Å². The lowest BCUT2D eigenvalue weighted by Crippen LogP contribution is -2.48. The van der Waals surface area contributed by atoms with E-state index in [0.29, 0.717) is 12.1 Å². The fraction of sp³-hybridized carbons (Fsp3) is 0.923. The Morgan fingerprint density at radius 1 is 1.38 bits per heavy atom. The summed E-state index contributed by atoms with van der Waals surface area (Å²) in [4.78, 5) is 11.8. The molecule has 0 aromatic rings. The zero-order valence-corrected chi connectivity index (χ0v) is 10.9. The Kier molecular flexibility index (Phi) is 5.81. The van der Waals surface area contributed by atoms with E-state index in [1.807, 2.05) is 0 Å². The van der Waals surface area contributed by atoms with Crippen molar-refractivity contribution in [2.45, 2.75) is 64.5 Å². The van der Waals surface area contributed by atoms with Gasteiger partial charge in [0.15, 0.2) is 0 Å². The highest BCUT2D eigenvalue weighted by atomic mass is 16.1. The van der Waals surface area contributed by atoms with E-state index in [4.69, 9.17) is 0 Å². The summed E-state index contributed by atoms with van der Waals surface area (Å²) < 4.78 is 0. The summed E-state index contributed by atoms with van der Waals surface area (Å²) in [7, 11) is 1.74. The zero-order valence-electron chi connectivity index (χ0n) is 10.9. The van der Waals surface area contributed by atoms with Crippen LogP contribution in [0.1, 0.15) is 52.4 Å². The molecule has 0 radical (unpaired) electrons. The van der Waals surface area contributed by atoms with Gasteiger partial charge in [0.05, 0.1) is 5.92 Å². The van der Waals surface area contributed by atoms with Crippen LogP contribution in [0.3, 0.4) is 0 Å². The van der Waals surface area contributed by atoms with Crippen LogP contribution in [0.25, 0.3) is 0 Å². The molecule has 1 saturated carbocycles. The minimum absolute atomic E-state index is 0.179. The van der Waals surface area contributed by atoms with E-state index in [1.54, 1.807) is 7.05 Å². The van der Waals surface area contributed by atoms with Crippen molar-refractivity contribution >= 4 is 5.91 Å². The number of rotatable bonds is 5. The first-order chi connectivity index (χ1) is 7.69. The van der Waals surface area contributed by atoms with Crippen molar-refractivity contribution in [3.05, 3.63) is 0 Å². The van der Waals surface area contributed by atoms with Gasteiger partial charge >= 0.3 is 0 Å². The van der Waals surface area contributed by atoms with Crippen LogP contribution in [0.2, 0.25) is 0 Å². The first kappa shape index (κ1) is 13.5. The molecule has 3 nitrogen and oxygen atoms in total. The van der Waals surface area contributed by atoms with E-state index >= 15 is 0 Å². The quantitative estimate of drug-likeness (QED) is 0.753. The van der Waals surface area contributed by atoms with Gasteiger partial charge in [-0.2, -0.15) is 0 Å². The lowest BCUT2D eigenvalue weighted by molar-refractivity contribution is -0.126. The molecule has 1 amide bonds. The fourth-order valence-corrected chi connectivity index (χ4v) is 2.71. The zero-order chi connectivity index (χ0) is 12.0. The van der Waals surface area contributed by atoms with E-state index in [9.17, 15) is 4.79 Å². The van der Waals surface area contributed by atoms with E-state index in [0.717, 1.165) is 12.8 Å². The summed E-state index contributed by atoms with van der Waals surface area (Å²) in [5.74, 6) is 0.388. The molecule has 1 fully saturated rings. The van der Waals surface area contributed by atoms with Gasteiger partial charge in [0.1, 0.15) is 0 Å². The second-order valence-corrected chi connectivity index (χ2v) is 4.97. The molecule has 1 aliphatic rings. The Bertz CT molecular complexity index is 218. The fourth-order valence-electron chi connectivity index (χ4n) is 2.71. The van der Waals surface area contributed by atoms with E-state index in [2.05, 4.69) is 24.5 Å². The molecular formula is C13H26N2O. The van der Waals surface area contributed by atoms with Crippen LogP contribution in [-0.2, 0) is 4.79 Å². The molecule has 0 saturated heterocycles. The lowest BCUT2D eigenvalue weighted by atomic mass is 9.83. The van der Waals surface area contributed by atoms with Gasteiger partial charge in [-0.25, -0.2) is 0 Å². The predicted octanol–water partition coefficient (Wildman–Crippen LogP) is 2.07. The monoisotopic (exact) mass is 226 g/mol. The summed E-state index contributed by atoms with van der Waals surface area (Å²) >= 11 is 0. The molecule has 2 N–H and O–H groups in total. The predicted molar refractivity (Wildman–Crippen MR) is 67.3 cm³/mol. The molecule has 3 atom stereocenters. The lowest BCUT2D eigenvalue weighted by Gasteiger charge is -2.33. The first-order valence-electron chi connectivity index (χ1n) is 6.66. The molecule has 1 aliphatic carbocycles. The molecular weight excluding hydrogens is 200 g/mol. The maximum atomic E-state index is 11.8. The highest BCUT2D eigenvalue weighted by molar-refractivity contribution is 5.79. The van der Waals surface area contributed by atoms with Gasteiger partial charge in [0, 0.05) is 19.1 Å². The average Bonchev–Trinajstić information content (AvgIpc) is 2.29. The van der Waals surface area contributed by atoms with Crippen LogP contribution < -0.4 is 10.6 Å². The molecule has 0 aromatic heterocycles. The SMILES string of the molecule is CCCC(C)NC1CCCCC1C(=O)NC. The van der Waals surface area contributed by atoms with E-state index in [-0.39, 0.29) is 11.8 Å². The number of amides is 1. The minimum Gasteiger partial charge on any atom is -0.359 e. The third kappa shape index (κ3) is 3.78. The highest BCUT2D eigenvalue weighted by Gasteiger charge is 2.30. The number of hydrogen-bond donors (Lipinski definition) is 2. The Hall–Kier alpha value is -0.570. The van der Waals surface area contributed by atoms with Crippen molar-refractivity contribution in [2.24, 2.45) is 5.92 Å². The molecule has 0 spiro atoms. The van der Waals surface area contributed by atoms with Gasteiger partial charge < -0.3 is 10.6 Å². The van der Waals surface area contributed by atoms with Crippen LogP contribution >= 0.6 is 0 Å². The smallest absolute Gasteiger partial charge is 0.224 e. The van der Waals surface area contributed by atoms with Crippen LogP contribution in [-0.4, -0.2) is 25.0 Å². The normalized spacial score (nSPS) is 27.4. The summed E-state index contributed by atoms with van der Waals surface area (Å²) in [5.41, 5.74) is 0. The molecule has 1 rings (SSSR count).